The molecule has 5 heteroatoms. The number of benzene rings is 1. The average molecular weight is 258 g/mol. The molecule has 5 nitrogen and oxygen atoms in total. The third-order valence-corrected chi connectivity index (χ3v) is 2.57. The molecule has 0 fully saturated rings. The average Bonchev–Trinajstić information content (AvgIpc) is 2.80. The summed E-state index contributed by atoms with van der Waals surface area (Å²) >= 11 is 0. The maximum absolute atomic E-state index is 11.6. The number of aromatic nitrogens is 1. The molecule has 0 saturated heterocycles. The first kappa shape index (κ1) is 12.9. The Bertz CT molecular complexity index is 602. The molecule has 1 heterocycles. The van der Waals surface area contributed by atoms with Gasteiger partial charge in [0.2, 0.25) is 5.91 Å². The molecule has 0 atom stereocenters. The van der Waals surface area contributed by atoms with Crippen molar-refractivity contribution >= 4 is 12.0 Å². The van der Waals surface area contributed by atoms with Crippen LogP contribution in [-0.2, 0) is 11.3 Å². The fraction of sp³-hybridized carbons (Fsp3) is 0.143. The molecule has 2 aromatic rings. The summed E-state index contributed by atoms with van der Waals surface area (Å²) in [6.45, 7) is 2.11. The second-order valence-corrected chi connectivity index (χ2v) is 4.00. The van der Waals surface area contributed by atoms with Crippen LogP contribution in [0.25, 0.3) is 6.08 Å². The molecule has 0 aliphatic carbocycles. The number of nitrogens with zero attached hydrogens (tertiary/aromatic N) is 1. The molecule has 0 aliphatic heterocycles. The largest absolute Gasteiger partial charge is 0.508 e. The molecule has 98 valence electrons. The molecule has 1 amide bonds. The van der Waals surface area contributed by atoms with Crippen LogP contribution in [0.2, 0.25) is 0 Å². The molecule has 2 rings (SSSR count). The van der Waals surface area contributed by atoms with E-state index in [2.05, 4.69) is 10.3 Å². The fourth-order valence-corrected chi connectivity index (χ4v) is 1.53. The van der Waals surface area contributed by atoms with Crippen LogP contribution in [0.3, 0.4) is 0 Å². The number of hydrogen-bond donors (Lipinski definition) is 2. The van der Waals surface area contributed by atoms with Crippen LogP contribution in [0.4, 0.5) is 0 Å². The van der Waals surface area contributed by atoms with Crippen LogP contribution in [0.5, 0.6) is 5.75 Å². The molecule has 0 spiro atoms. The Labute approximate surface area is 110 Å². The van der Waals surface area contributed by atoms with Crippen molar-refractivity contribution in [1.82, 2.24) is 10.3 Å². The Kier molecular flexibility index (Phi) is 3.97. The molecule has 1 aromatic heterocycles. The minimum absolute atomic E-state index is 0.167. The van der Waals surface area contributed by atoms with Crippen molar-refractivity contribution in [2.24, 2.45) is 0 Å². The smallest absolute Gasteiger partial charge is 0.244 e. The summed E-state index contributed by atoms with van der Waals surface area (Å²) in [6.07, 6.45) is 4.38. The van der Waals surface area contributed by atoms with Gasteiger partial charge in [-0.2, -0.15) is 0 Å². The lowest BCUT2D eigenvalue weighted by Crippen LogP contribution is -2.20. The number of hydrogen-bond acceptors (Lipinski definition) is 4. The number of carbonyl (C=O) groups is 1. The number of carbonyl (C=O) groups excluding carboxylic acids is 1. The van der Waals surface area contributed by atoms with Crippen LogP contribution in [-0.4, -0.2) is 16.0 Å². The Morgan fingerprint density at radius 1 is 1.53 bits per heavy atom. The quantitative estimate of drug-likeness (QED) is 0.823. The predicted octanol–water partition coefficient (Wildman–Crippen LogP) is 2.02. The lowest BCUT2D eigenvalue weighted by Gasteiger charge is -1.99. The first-order chi connectivity index (χ1) is 9.15. The summed E-state index contributed by atoms with van der Waals surface area (Å²) in [4.78, 5) is 15.6. The summed E-state index contributed by atoms with van der Waals surface area (Å²) in [5.41, 5.74) is 1.46. The second-order valence-electron chi connectivity index (χ2n) is 4.00. The van der Waals surface area contributed by atoms with Gasteiger partial charge in [0.15, 0.2) is 6.39 Å². The molecule has 0 bridgehead atoms. The van der Waals surface area contributed by atoms with E-state index < -0.39 is 0 Å². The van der Waals surface area contributed by atoms with Crippen LogP contribution in [0.15, 0.2) is 41.2 Å². The van der Waals surface area contributed by atoms with Crippen molar-refractivity contribution in [2.45, 2.75) is 13.5 Å². The van der Waals surface area contributed by atoms with E-state index in [0.717, 1.165) is 5.56 Å². The van der Waals surface area contributed by atoms with Crippen molar-refractivity contribution in [3.8, 4) is 5.75 Å². The van der Waals surface area contributed by atoms with Gasteiger partial charge in [-0.15, -0.1) is 0 Å². The molecule has 0 radical (unpaired) electrons. The molecular formula is C14H14N2O3. The van der Waals surface area contributed by atoms with Crippen molar-refractivity contribution in [3.63, 3.8) is 0 Å². The van der Waals surface area contributed by atoms with Gasteiger partial charge >= 0.3 is 0 Å². The lowest BCUT2D eigenvalue weighted by atomic mass is 10.2. The van der Waals surface area contributed by atoms with Crippen molar-refractivity contribution < 1.29 is 14.3 Å². The third-order valence-electron chi connectivity index (χ3n) is 2.57. The number of aromatic hydroxyl groups is 1. The van der Waals surface area contributed by atoms with E-state index in [4.69, 9.17) is 4.42 Å². The van der Waals surface area contributed by atoms with Gasteiger partial charge in [-0.1, -0.05) is 12.1 Å². The van der Waals surface area contributed by atoms with E-state index in [0.29, 0.717) is 18.0 Å². The van der Waals surface area contributed by atoms with E-state index >= 15 is 0 Å². The number of phenolic OH excluding ortho intramolecular Hbond substituents is 1. The molecule has 0 saturated carbocycles. The molecule has 19 heavy (non-hydrogen) atoms. The van der Waals surface area contributed by atoms with Gasteiger partial charge in [0.25, 0.3) is 0 Å². The van der Waals surface area contributed by atoms with Crippen molar-refractivity contribution in [1.29, 1.82) is 0 Å². The number of amides is 1. The van der Waals surface area contributed by atoms with Gasteiger partial charge in [-0.3, -0.25) is 4.79 Å². The SMILES string of the molecule is Cc1ocnc1CNC(=O)/C=C/c1cccc(O)c1. The van der Waals surface area contributed by atoms with Gasteiger partial charge in [-0.05, 0) is 30.7 Å². The maximum Gasteiger partial charge on any atom is 0.244 e. The maximum atomic E-state index is 11.6. The molecule has 1 aromatic carbocycles. The standard InChI is InChI=1S/C14H14N2O3/c1-10-13(16-9-19-10)8-15-14(18)6-5-11-3-2-4-12(17)7-11/h2-7,9,17H,8H2,1H3,(H,15,18)/b6-5+. The zero-order chi connectivity index (χ0) is 13.7. The van der Waals surface area contributed by atoms with Gasteiger partial charge in [0.05, 0.1) is 6.54 Å². The lowest BCUT2D eigenvalue weighted by molar-refractivity contribution is -0.116. The Hall–Kier alpha value is -2.56. The predicted molar refractivity (Wildman–Crippen MR) is 70.2 cm³/mol. The van der Waals surface area contributed by atoms with Gasteiger partial charge in [0.1, 0.15) is 17.2 Å². The molecule has 0 unspecified atom stereocenters. The van der Waals surface area contributed by atoms with Crippen molar-refractivity contribution in [2.75, 3.05) is 0 Å². The summed E-state index contributed by atoms with van der Waals surface area (Å²) < 4.78 is 5.03. The number of phenols is 1. The normalized spacial score (nSPS) is 10.8. The van der Waals surface area contributed by atoms with Gasteiger partial charge < -0.3 is 14.8 Å². The van der Waals surface area contributed by atoms with E-state index in [9.17, 15) is 9.90 Å². The summed E-state index contributed by atoms with van der Waals surface area (Å²) in [5.74, 6) is 0.629. The zero-order valence-corrected chi connectivity index (χ0v) is 10.5. The number of rotatable bonds is 4. The highest BCUT2D eigenvalue weighted by atomic mass is 16.3. The van der Waals surface area contributed by atoms with E-state index in [1.54, 1.807) is 37.3 Å². The van der Waals surface area contributed by atoms with E-state index in [1.165, 1.54) is 12.5 Å². The Morgan fingerprint density at radius 2 is 2.37 bits per heavy atom. The first-order valence-electron chi connectivity index (χ1n) is 5.79. The van der Waals surface area contributed by atoms with E-state index in [1.807, 2.05) is 0 Å². The van der Waals surface area contributed by atoms with Crippen LogP contribution in [0.1, 0.15) is 17.0 Å². The number of oxazole rings is 1. The monoisotopic (exact) mass is 258 g/mol. The Balaban J connectivity index is 1.89. The minimum Gasteiger partial charge on any atom is -0.508 e. The topological polar surface area (TPSA) is 75.4 Å². The van der Waals surface area contributed by atoms with Crippen LogP contribution in [0, 0.1) is 6.92 Å². The summed E-state index contributed by atoms with van der Waals surface area (Å²) in [6, 6.07) is 6.66. The highest BCUT2D eigenvalue weighted by Crippen LogP contribution is 2.11. The fourth-order valence-electron chi connectivity index (χ4n) is 1.53. The second kappa shape index (κ2) is 5.86. The minimum atomic E-state index is -0.231. The molecule has 0 aliphatic rings. The van der Waals surface area contributed by atoms with Gasteiger partial charge in [0, 0.05) is 6.08 Å². The highest BCUT2D eigenvalue weighted by molar-refractivity contribution is 5.91. The summed E-state index contributed by atoms with van der Waals surface area (Å²) in [7, 11) is 0. The van der Waals surface area contributed by atoms with Crippen LogP contribution >= 0.6 is 0 Å². The van der Waals surface area contributed by atoms with E-state index in [-0.39, 0.29) is 11.7 Å². The Morgan fingerprint density at radius 3 is 3.05 bits per heavy atom. The molecule has 2 N–H and O–H groups in total. The number of nitrogens with one attached hydrogen (secondary N) is 1. The van der Waals surface area contributed by atoms with Gasteiger partial charge in [-0.25, -0.2) is 4.98 Å². The first-order valence-corrected chi connectivity index (χ1v) is 5.79. The van der Waals surface area contributed by atoms with Crippen molar-refractivity contribution in [3.05, 3.63) is 53.8 Å². The zero-order valence-electron chi connectivity index (χ0n) is 10.5. The highest BCUT2D eigenvalue weighted by Gasteiger charge is 2.03. The summed E-state index contributed by atoms with van der Waals surface area (Å²) in [5, 5.41) is 12.0. The molecular weight excluding hydrogens is 244 g/mol. The number of aryl methyl sites for hydroxylation is 1. The third kappa shape index (κ3) is 3.70. The van der Waals surface area contributed by atoms with Crippen LogP contribution < -0.4 is 5.32 Å².